The summed E-state index contributed by atoms with van der Waals surface area (Å²) in [4.78, 5) is 14.9. The Labute approximate surface area is 327 Å². The summed E-state index contributed by atoms with van der Waals surface area (Å²) in [6.07, 6.45) is 0. The second-order valence-electron chi connectivity index (χ2n) is 13.9. The van der Waals surface area contributed by atoms with Crippen LogP contribution in [0.25, 0.3) is 110 Å². The van der Waals surface area contributed by atoms with Crippen molar-refractivity contribution >= 4 is 53.4 Å². The number of furan rings is 1. The average Bonchev–Trinajstić information content (AvgIpc) is 3.85. The van der Waals surface area contributed by atoms with Crippen molar-refractivity contribution in [3.8, 4) is 67.5 Å². The van der Waals surface area contributed by atoms with Crippen molar-refractivity contribution in [3.05, 3.63) is 188 Å². The first-order valence-electron chi connectivity index (χ1n) is 18.7. The Kier molecular flexibility index (Phi) is 7.64. The first-order valence-corrected chi connectivity index (χ1v) is 19.5. The fourth-order valence-corrected chi connectivity index (χ4v) is 9.03. The van der Waals surface area contributed by atoms with Gasteiger partial charge in [-0.1, -0.05) is 158 Å². The molecular formula is C51H31N3OS. The number of hydrogen-bond acceptors (Lipinski definition) is 5. The monoisotopic (exact) mass is 733 g/mol. The summed E-state index contributed by atoms with van der Waals surface area (Å²) >= 11 is 1.85. The van der Waals surface area contributed by atoms with Crippen molar-refractivity contribution < 1.29 is 4.42 Å². The van der Waals surface area contributed by atoms with Crippen molar-refractivity contribution in [3.63, 3.8) is 0 Å². The van der Waals surface area contributed by atoms with Gasteiger partial charge in [0, 0.05) is 53.2 Å². The van der Waals surface area contributed by atoms with Crippen molar-refractivity contribution in [1.82, 2.24) is 15.0 Å². The standard InChI is InChI=1S/C51H31N3OS/c1-4-14-32(15-5-1)38-27-29-45-47(41-22-10-11-25-44(41)56-45)46(38)36-26-28-43-42(31-36)40-24-13-23-39(48(40)55-43)35-20-12-21-37(30-35)51-53-49(33-16-6-2-7-17-33)52-50(54-51)34-18-8-3-9-19-34/h1-31H. The smallest absolute Gasteiger partial charge is 0.164 e. The molecule has 0 N–H and O–H groups in total. The molecule has 56 heavy (non-hydrogen) atoms. The zero-order valence-corrected chi connectivity index (χ0v) is 30.9. The van der Waals surface area contributed by atoms with Gasteiger partial charge in [-0.2, -0.15) is 0 Å². The van der Waals surface area contributed by atoms with Gasteiger partial charge < -0.3 is 4.42 Å². The first-order chi connectivity index (χ1) is 27.7. The molecule has 262 valence electrons. The Bertz CT molecular complexity index is 3180. The van der Waals surface area contributed by atoms with Gasteiger partial charge in [0.2, 0.25) is 0 Å². The number of hydrogen-bond donors (Lipinski definition) is 0. The van der Waals surface area contributed by atoms with E-state index in [1.54, 1.807) is 0 Å². The van der Waals surface area contributed by atoms with Gasteiger partial charge in [0.25, 0.3) is 0 Å². The SMILES string of the molecule is c1ccc(-c2nc(-c3ccccc3)nc(-c3cccc(-c4cccc5c4oc4ccc(-c6c(-c7ccccc7)ccc7sc8ccccc8c67)cc45)c3)n2)cc1. The van der Waals surface area contributed by atoms with Crippen LogP contribution in [0.5, 0.6) is 0 Å². The third-order valence-electron chi connectivity index (χ3n) is 10.5. The maximum absolute atomic E-state index is 6.75. The molecule has 5 heteroatoms. The second kappa shape index (κ2) is 13.3. The van der Waals surface area contributed by atoms with Gasteiger partial charge in [-0.15, -0.1) is 11.3 Å². The van der Waals surface area contributed by atoms with Crippen LogP contribution in [0.1, 0.15) is 0 Å². The van der Waals surface area contributed by atoms with E-state index >= 15 is 0 Å². The molecule has 0 saturated heterocycles. The van der Waals surface area contributed by atoms with Gasteiger partial charge in [0.15, 0.2) is 17.5 Å². The number of fused-ring (bicyclic) bond motifs is 6. The molecule has 3 aromatic heterocycles. The summed E-state index contributed by atoms with van der Waals surface area (Å²) in [6, 6.07) is 65.7. The highest BCUT2D eigenvalue weighted by Gasteiger charge is 2.20. The Morgan fingerprint density at radius 1 is 0.357 bits per heavy atom. The highest BCUT2D eigenvalue weighted by Crippen LogP contribution is 2.46. The lowest BCUT2D eigenvalue weighted by Gasteiger charge is -2.13. The van der Waals surface area contributed by atoms with E-state index in [1.165, 1.54) is 42.4 Å². The lowest BCUT2D eigenvalue weighted by atomic mass is 9.90. The third kappa shape index (κ3) is 5.48. The maximum atomic E-state index is 6.75. The molecule has 0 aliphatic rings. The molecule has 11 rings (SSSR count). The quantitative estimate of drug-likeness (QED) is 0.171. The molecule has 4 nitrogen and oxygen atoms in total. The number of para-hydroxylation sites is 1. The Balaban J connectivity index is 1.06. The van der Waals surface area contributed by atoms with Gasteiger partial charge in [0.05, 0.1) is 0 Å². The largest absolute Gasteiger partial charge is 0.455 e. The normalized spacial score (nSPS) is 11.6. The minimum absolute atomic E-state index is 0.616. The number of aromatic nitrogens is 3. The van der Waals surface area contributed by atoms with Gasteiger partial charge in [-0.3, -0.25) is 0 Å². The molecule has 0 amide bonds. The summed E-state index contributed by atoms with van der Waals surface area (Å²) in [6.45, 7) is 0. The molecule has 0 bridgehead atoms. The predicted octanol–water partition coefficient (Wildman–Crippen LogP) is 14.1. The van der Waals surface area contributed by atoms with E-state index in [4.69, 9.17) is 19.4 Å². The maximum Gasteiger partial charge on any atom is 0.164 e. The van der Waals surface area contributed by atoms with E-state index in [1.807, 2.05) is 72.0 Å². The minimum atomic E-state index is 0.616. The van der Waals surface area contributed by atoms with Gasteiger partial charge in [-0.05, 0) is 58.1 Å². The van der Waals surface area contributed by atoms with E-state index in [0.29, 0.717) is 17.5 Å². The molecular weight excluding hydrogens is 703 g/mol. The van der Waals surface area contributed by atoms with Crippen LogP contribution < -0.4 is 0 Å². The van der Waals surface area contributed by atoms with Crippen LogP contribution >= 0.6 is 11.3 Å². The Morgan fingerprint density at radius 2 is 0.946 bits per heavy atom. The van der Waals surface area contributed by atoms with Crippen LogP contribution in [-0.4, -0.2) is 15.0 Å². The fraction of sp³-hybridized carbons (Fsp3) is 0. The number of nitrogens with zero attached hydrogens (tertiary/aromatic N) is 3. The van der Waals surface area contributed by atoms with E-state index in [0.717, 1.165) is 49.8 Å². The van der Waals surface area contributed by atoms with Crippen LogP contribution in [0, 0.1) is 0 Å². The molecule has 8 aromatic carbocycles. The van der Waals surface area contributed by atoms with Crippen LogP contribution in [0.3, 0.4) is 0 Å². The summed E-state index contributed by atoms with van der Waals surface area (Å²) in [7, 11) is 0. The first kappa shape index (κ1) is 32.2. The van der Waals surface area contributed by atoms with E-state index in [9.17, 15) is 0 Å². The molecule has 0 saturated carbocycles. The van der Waals surface area contributed by atoms with Crippen LogP contribution in [0.2, 0.25) is 0 Å². The van der Waals surface area contributed by atoms with Gasteiger partial charge in [-0.25, -0.2) is 15.0 Å². The van der Waals surface area contributed by atoms with Gasteiger partial charge in [0.1, 0.15) is 11.2 Å². The Hall–Kier alpha value is -7.21. The summed E-state index contributed by atoms with van der Waals surface area (Å²) < 4.78 is 9.32. The van der Waals surface area contributed by atoms with Crippen molar-refractivity contribution in [1.29, 1.82) is 0 Å². The molecule has 0 unspecified atom stereocenters. The van der Waals surface area contributed by atoms with Crippen LogP contribution in [-0.2, 0) is 0 Å². The zero-order valence-electron chi connectivity index (χ0n) is 30.1. The van der Waals surface area contributed by atoms with Crippen LogP contribution in [0.4, 0.5) is 0 Å². The molecule has 11 aromatic rings. The number of benzene rings is 8. The summed E-state index contributed by atoms with van der Waals surface area (Å²) in [5.74, 6) is 1.89. The van der Waals surface area contributed by atoms with E-state index in [-0.39, 0.29) is 0 Å². The predicted molar refractivity (Wildman–Crippen MR) is 233 cm³/mol. The fourth-order valence-electron chi connectivity index (χ4n) is 7.92. The summed E-state index contributed by atoms with van der Waals surface area (Å²) in [5, 5.41) is 4.74. The third-order valence-corrected chi connectivity index (χ3v) is 11.7. The van der Waals surface area contributed by atoms with Crippen molar-refractivity contribution in [2.75, 3.05) is 0 Å². The zero-order chi connectivity index (χ0) is 37.0. The average molecular weight is 734 g/mol. The highest BCUT2D eigenvalue weighted by atomic mass is 32.1. The molecule has 0 atom stereocenters. The molecule has 0 spiro atoms. The number of rotatable bonds is 6. The van der Waals surface area contributed by atoms with Crippen molar-refractivity contribution in [2.45, 2.75) is 0 Å². The minimum Gasteiger partial charge on any atom is -0.455 e. The lowest BCUT2D eigenvalue weighted by Crippen LogP contribution is -2.00. The van der Waals surface area contributed by atoms with Crippen molar-refractivity contribution in [2.24, 2.45) is 0 Å². The molecule has 0 aliphatic carbocycles. The van der Waals surface area contributed by atoms with Gasteiger partial charge >= 0.3 is 0 Å². The van der Waals surface area contributed by atoms with Crippen LogP contribution in [0.15, 0.2) is 192 Å². The van der Waals surface area contributed by atoms with E-state index < -0.39 is 0 Å². The molecule has 0 aliphatic heterocycles. The highest BCUT2D eigenvalue weighted by molar-refractivity contribution is 7.26. The molecule has 3 heterocycles. The molecule has 0 fully saturated rings. The topological polar surface area (TPSA) is 51.8 Å². The Morgan fingerprint density at radius 3 is 1.68 bits per heavy atom. The second-order valence-corrected chi connectivity index (χ2v) is 15.0. The van der Waals surface area contributed by atoms with E-state index in [2.05, 4.69) is 127 Å². The summed E-state index contributed by atoms with van der Waals surface area (Å²) in [5.41, 5.74) is 11.4. The molecule has 0 radical (unpaired) electrons. The number of thiophene rings is 1. The lowest BCUT2D eigenvalue weighted by molar-refractivity contribution is 0.670.